The zero-order valence-corrected chi connectivity index (χ0v) is 12.6. The number of nitrogens with zero attached hydrogens (tertiary/aromatic N) is 4. The van der Waals surface area contributed by atoms with Crippen molar-refractivity contribution < 1.29 is 0 Å². The maximum atomic E-state index is 4.47. The number of pyridine rings is 3. The van der Waals surface area contributed by atoms with Crippen LogP contribution in [-0.2, 0) is 0 Å². The molecule has 6 nitrogen and oxygen atoms in total. The first-order valence-corrected chi connectivity index (χ1v) is 7.57. The smallest absolute Gasteiger partial charge is 0.116 e. The minimum absolute atomic E-state index is 0.823. The third-order valence-corrected chi connectivity index (χ3v) is 4.05. The van der Waals surface area contributed by atoms with Crippen LogP contribution in [0.3, 0.4) is 0 Å². The second-order valence-electron chi connectivity index (χ2n) is 5.55. The molecule has 2 N–H and O–H groups in total. The topological polar surface area (TPSA) is 83.1 Å². The SMILES string of the molecule is c1ccc(-c2cc3c(-c4cc5ccncc5[nH]4)n[nH]c3cn2)nc1. The van der Waals surface area contributed by atoms with E-state index in [2.05, 4.69) is 36.2 Å². The molecule has 0 unspecified atom stereocenters. The van der Waals surface area contributed by atoms with Crippen molar-refractivity contribution in [3.63, 3.8) is 0 Å². The average molecular weight is 312 g/mol. The first-order chi connectivity index (χ1) is 11.9. The predicted molar refractivity (Wildman–Crippen MR) is 92.2 cm³/mol. The summed E-state index contributed by atoms with van der Waals surface area (Å²) in [6.45, 7) is 0. The second-order valence-corrected chi connectivity index (χ2v) is 5.55. The summed E-state index contributed by atoms with van der Waals surface area (Å²) in [5.41, 5.74) is 5.35. The molecule has 0 radical (unpaired) electrons. The third-order valence-electron chi connectivity index (χ3n) is 4.05. The Bertz CT molecular complexity index is 1120. The van der Waals surface area contributed by atoms with E-state index in [0.29, 0.717) is 0 Å². The molecule has 0 amide bonds. The summed E-state index contributed by atoms with van der Waals surface area (Å²) in [6.07, 6.45) is 7.16. The summed E-state index contributed by atoms with van der Waals surface area (Å²) < 4.78 is 0. The van der Waals surface area contributed by atoms with Crippen molar-refractivity contribution in [1.82, 2.24) is 30.1 Å². The monoisotopic (exact) mass is 312 g/mol. The van der Waals surface area contributed by atoms with Gasteiger partial charge in [-0.1, -0.05) is 6.07 Å². The molecule has 6 heteroatoms. The van der Waals surface area contributed by atoms with E-state index in [1.54, 1.807) is 18.6 Å². The molecule has 0 saturated carbocycles. The normalized spacial score (nSPS) is 11.3. The number of H-pyrrole nitrogens is 2. The number of hydrogen-bond donors (Lipinski definition) is 2. The van der Waals surface area contributed by atoms with Crippen LogP contribution < -0.4 is 0 Å². The van der Waals surface area contributed by atoms with E-state index >= 15 is 0 Å². The molecular formula is C18H12N6. The summed E-state index contributed by atoms with van der Waals surface area (Å²) in [5, 5.41) is 9.61. The van der Waals surface area contributed by atoms with Crippen molar-refractivity contribution in [1.29, 1.82) is 0 Å². The van der Waals surface area contributed by atoms with Gasteiger partial charge in [0.1, 0.15) is 5.69 Å². The number of aromatic amines is 2. The van der Waals surface area contributed by atoms with Gasteiger partial charge in [-0.3, -0.25) is 20.1 Å². The number of rotatable bonds is 2. The molecule has 0 saturated heterocycles. The first kappa shape index (κ1) is 13.0. The van der Waals surface area contributed by atoms with Gasteiger partial charge in [0.15, 0.2) is 0 Å². The van der Waals surface area contributed by atoms with E-state index in [0.717, 1.165) is 44.6 Å². The number of nitrogens with one attached hydrogen (secondary N) is 2. The number of aromatic nitrogens is 6. The fraction of sp³-hybridized carbons (Fsp3) is 0. The Kier molecular flexibility index (Phi) is 2.69. The van der Waals surface area contributed by atoms with E-state index in [4.69, 9.17) is 0 Å². The van der Waals surface area contributed by atoms with E-state index in [1.165, 1.54) is 0 Å². The standard InChI is InChI=1S/C18H12N6/c1-2-5-20-13(3-1)14-8-12-17(10-21-14)23-24-18(12)15-7-11-4-6-19-9-16(11)22-15/h1-10,22H,(H,23,24). The third kappa shape index (κ3) is 1.97. The molecule has 0 aromatic carbocycles. The van der Waals surface area contributed by atoms with Crippen LogP contribution in [0.5, 0.6) is 0 Å². The Labute approximate surface area is 136 Å². The highest BCUT2D eigenvalue weighted by Gasteiger charge is 2.13. The minimum Gasteiger partial charge on any atom is -0.352 e. The summed E-state index contributed by atoms with van der Waals surface area (Å²) in [6, 6.07) is 11.9. The van der Waals surface area contributed by atoms with Crippen molar-refractivity contribution >= 4 is 21.8 Å². The molecule has 0 aliphatic carbocycles. The van der Waals surface area contributed by atoms with Gasteiger partial charge in [0.25, 0.3) is 0 Å². The molecule has 0 aliphatic heterocycles. The van der Waals surface area contributed by atoms with Gasteiger partial charge in [-0.15, -0.1) is 0 Å². The van der Waals surface area contributed by atoms with Gasteiger partial charge >= 0.3 is 0 Å². The average Bonchev–Trinajstić information content (AvgIpc) is 3.25. The largest absolute Gasteiger partial charge is 0.352 e. The van der Waals surface area contributed by atoms with E-state index < -0.39 is 0 Å². The Balaban J connectivity index is 1.71. The van der Waals surface area contributed by atoms with Crippen LogP contribution in [0, 0.1) is 0 Å². The molecule has 5 aromatic rings. The second kappa shape index (κ2) is 4.99. The van der Waals surface area contributed by atoms with Crippen LogP contribution in [-0.4, -0.2) is 30.1 Å². The van der Waals surface area contributed by atoms with Crippen LogP contribution in [0.25, 0.3) is 44.6 Å². The van der Waals surface area contributed by atoms with Crippen LogP contribution in [0.2, 0.25) is 0 Å². The fourth-order valence-corrected chi connectivity index (χ4v) is 2.88. The van der Waals surface area contributed by atoms with Gasteiger partial charge in [-0.25, -0.2) is 0 Å². The highest BCUT2D eigenvalue weighted by atomic mass is 15.1. The molecule has 0 spiro atoms. The lowest BCUT2D eigenvalue weighted by Gasteiger charge is -2.00. The van der Waals surface area contributed by atoms with Gasteiger partial charge in [-0.05, 0) is 30.3 Å². The molecule has 0 aliphatic rings. The Morgan fingerprint density at radius 3 is 2.71 bits per heavy atom. The van der Waals surface area contributed by atoms with Crippen LogP contribution in [0.15, 0.2) is 61.2 Å². The molecule has 5 rings (SSSR count). The first-order valence-electron chi connectivity index (χ1n) is 7.57. The van der Waals surface area contributed by atoms with E-state index in [9.17, 15) is 0 Å². The quantitative estimate of drug-likeness (QED) is 0.522. The van der Waals surface area contributed by atoms with Crippen molar-refractivity contribution in [3.05, 3.63) is 61.2 Å². The van der Waals surface area contributed by atoms with Crippen molar-refractivity contribution in [2.24, 2.45) is 0 Å². The zero-order valence-electron chi connectivity index (χ0n) is 12.6. The molecule has 0 bridgehead atoms. The molecule has 5 aromatic heterocycles. The maximum absolute atomic E-state index is 4.47. The van der Waals surface area contributed by atoms with Gasteiger partial charge < -0.3 is 4.98 Å². The van der Waals surface area contributed by atoms with Gasteiger partial charge in [0.2, 0.25) is 0 Å². The highest BCUT2D eigenvalue weighted by molar-refractivity contribution is 5.96. The van der Waals surface area contributed by atoms with Crippen LogP contribution in [0.1, 0.15) is 0 Å². The number of hydrogen-bond acceptors (Lipinski definition) is 4. The van der Waals surface area contributed by atoms with Gasteiger partial charge in [-0.2, -0.15) is 5.10 Å². The summed E-state index contributed by atoms with van der Waals surface area (Å²) in [7, 11) is 0. The van der Waals surface area contributed by atoms with Crippen molar-refractivity contribution in [2.45, 2.75) is 0 Å². The maximum Gasteiger partial charge on any atom is 0.116 e. The van der Waals surface area contributed by atoms with Crippen molar-refractivity contribution in [2.75, 3.05) is 0 Å². The Morgan fingerprint density at radius 1 is 0.833 bits per heavy atom. The van der Waals surface area contributed by atoms with Crippen LogP contribution in [0.4, 0.5) is 0 Å². The fourth-order valence-electron chi connectivity index (χ4n) is 2.88. The van der Waals surface area contributed by atoms with E-state index in [-0.39, 0.29) is 0 Å². The minimum atomic E-state index is 0.823. The number of fused-ring (bicyclic) bond motifs is 2. The zero-order chi connectivity index (χ0) is 15.9. The van der Waals surface area contributed by atoms with E-state index in [1.807, 2.05) is 36.5 Å². The van der Waals surface area contributed by atoms with Gasteiger partial charge in [0, 0.05) is 23.2 Å². The summed E-state index contributed by atoms with van der Waals surface area (Å²) >= 11 is 0. The lowest BCUT2D eigenvalue weighted by Crippen LogP contribution is -1.86. The molecule has 24 heavy (non-hydrogen) atoms. The summed E-state index contributed by atoms with van der Waals surface area (Å²) in [5.74, 6) is 0. The van der Waals surface area contributed by atoms with Crippen LogP contribution >= 0.6 is 0 Å². The molecule has 0 atom stereocenters. The Morgan fingerprint density at radius 2 is 1.83 bits per heavy atom. The van der Waals surface area contributed by atoms with Gasteiger partial charge in [0.05, 0.1) is 40.5 Å². The molecule has 114 valence electrons. The Hall–Kier alpha value is -3.54. The van der Waals surface area contributed by atoms with Crippen molar-refractivity contribution in [3.8, 4) is 22.8 Å². The molecule has 0 fully saturated rings. The lowest BCUT2D eigenvalue weighted by atomic mass is 10.1. The summed E-state index contributed by atoms with van der Waals surface area (Å²) in [4.78, 5) is 16.4. The predicted octanol–water partition coefficient (Wildman–Crippen LogP) is 3.56. The molecule has 5 heterocycles. The lowest BCUT2D eigenvalue weighted by molar-refractivity contribution is 1.11. The molecular weight excluding hydrogens is 300 g/mol. The highest BCUT2D eigenvalue weighted by Crippen LogP contribution is 2.29.